The maximum atomic E-state index is 12.3. The van der Waals surface area contributed by atoms with Crippen molar-refractivity contribution in [3.8, 4) is 0 Å². The molecule has 1 aromatic carbocycles. The third kappa shape index (κ3) is 3.06. The first-order valence-corrected chi connectivity index (χ1v) is 7.60. The summed E-state index contributed by atoms with van der Waals surface area (Å²) in [6.07, 6.45) is 1.77. The Morgan fingerprint density at radius 2 is 2.00 bits per heavy atom. The number of hydrogen-bond acceptors (Lipinski definition) is 4. The van der Waals surface area contributed by atoms with Crippen molar-refractivity contribution < 1.29 is 13.5 Å². The molecular formula is C13H17N3O3S. The van der Waals surface area contributed by atoms with Crippen LogP contribution in [0.1, 0.15) is 16.8 Å². The third-order valence-corrected chi connectivity index (χ3v) is 4.50. The summed E-state index contributed by atoms with van der Waals surface area (Å²) in [5.41, 5.74) is 1.98. The van der Waals surface area contributed by atoms with Crippen molar-refractivity contribution >= 4 is 10.0 Å². The third-order valence-electron chi connectivity index (χ3n) is 3.00. The van der Waals surface area contributed by atoms with E-state index in [2.05, 4.69) is 9.82 Å². The first kappa shape index (κ1) is 14.7. The van der Waals surface area contributed by atoms with Gasteiger partial charge in [-0.25, -0.2) is 13.1 Å². The summed E-state index contributed by atoms with van der Waals surface area (Å²) in [4.78, 5) is 0.101. The zero-order valence-corrected chi connectivity index (χ0v) is 12.2. The summed E-state index contributed by atoms with van der Waals surface area (Å²) in [6.45, 7) is 1.68. The molecule has 2 rings (SSSR count). The number of aliphatic hydroxyl groups is 1. The first-order chi connectivity index (χ1) is 9.44. The van der Waals surface area contributed by atoms with Gasteiger partial charge in [0.15, 0.2) is 0 Å². The predicted molar refractivity (Wildman–Crippen MR) is 74.3 cm³/mol. The fraction of sp³-hybridized carbons (Fsp3) is 0.308. The van der Waals surface area contributed by atoms with Crippen molar-refractivity contribution in [2.75, 3.05) is 0 Å². The van der Waals surface area contributed by atoms with Crippen molar-refractivity contribution in [1.82, 2.24) is 14.5 Å². The summed E-state index contributed by atoms with van der Waals surface area (Å²) < 4.78 is 28.7. The molecule has 7 heteroatoms. The monoisotopic (exact) mass is 295 g/mol. The molecule has 0 atom stereocenters. The van der Waals surface area contributed by atoms with Gasteiger partial charge in [0, 0.05) is 25.4 Å². The first-order valence-electron chi connectivity index (χ1n) is 6.11. The lowest BCUT2D eigenvalue weighted by atomic mass is 10.2. The van der Waals surface area contributed by atoms with Crippen LogP contribution in [0.5, 0.6) is 0 Å². The molecule has 0 saturated carbocycles. The predicted octanol–water partition coefficient (Wildman–Crippen LogP) is 0.699. The molecule has 0 unspecified atom stereocenters. The van der Waals surface area contributed by atoms with Crippen molar-refractivity contribution in [3.05, 3.63) is 47.3 Å². The summed E-state index contributed by atoms with van der Waals surface area (Å²) in [7, 11) is -1.87. The van der Waals surface area contributed by atoms with Gasteiger partial charge in [-0.1, -0.05) is 18.2 Å². The highest BCUT2D eigenvalue weighted by Gasteiger charge is 2.18. The zero-order valence-electron chi connectivity index (χ0n) is 11.4. The van der Waals surface area contributed by atoms with Crippen LogP contribution in [0.4, 0.5) is 0 Å². The lowest BCUT2D eigenvalue weighted by molar-refractivity contribution is 0.278. The Bertz CT molecular complexity index is 707. The quantitative estimate of drug-likeness (QED) is 0.850. The van der Waals surface area contributed by atoms with Gasteiger partial charge in [-0.15, -0.1) is 0 Å². The second-order valence-electron chi connectivity index (χ2n) is 4.50. The van der Waals surface area contributed by atoms with E-state index in [1.165, 1.54) is 6.07 Å². The minimum Gasteiger partial charge on any atom is -0.392 e. The molecule has 108 valence electrons. The second kappa shape index (κ2) is 5.74. The standard InChI is InChI=1S/C13H17N3O3S/c1-10-12(8-16(2)15-10)7-14-20(18,19)13-6-4-3-5-11(13)9-17/h3-6,8,14,17H,7,9H2,1-2H3. The fourth-order valence-electron chi connectivity index (χ4n) is 1.97. The average Bonchev–Trinajstić information content (AvgIpc) is 2.75. The zero-order chi connectivity index (χ0) is 14.8. The van der Waals surface area contributed by atoms with Crippen LogP contribution in [0.25, 0.3) is 0 Å². The molecule has 1 heterocycles. The van der Waals surface area contributed by atoms with E-state index in [1.54, 1.807) is 36.1 Å². The van der Waals surface area contributed by atoms with Crippen molar-refractivity contribution in [2.45, 2.75) is 25.0 Å². The van der Waals surface area contributed by atoms with Crippen LogP contribution in [-0.2, 0) is 30.2 Å². The van der Waals surface area contributed by atoms with Gasteiger partial charge in [0.2, 0.25) is 10.0 Å². The molecule has 0 spiro atoms. The van der Waals surface area contributed by atoms with E-state index in [1.807, 2.05) is 6.92 Å². The average molecular weight is 295 g/mol. The Morgan fingerprint density at radius 1 is 1.30 bits per heavy atom. The Morgan fingerprint density at radius 3 is 2.60 bits per heavy atom. The highest BCUT2D eigenvalue weighted by molar-refractivity contribution is 7.89. The number of rotatable bonds is 5. The summed E-state index contributed by atoms with van der Waals surface area (Å²) in [5.74, 6) is 0. The van der Waals surface area contributed by atoms with Crippen LogP contribution in [0.2, 0.25) is 0 Å². The molecule has 20 heavy (non-hydrogen) atoms. The van der Waals surface area contributed by atoms with Crippen LogP contribution in [0.3, 0.4) is 0 Å². The summed E-state index contributed by atoms with van der Waals surface area (Å²) >= 11 is 0. The molecular weight excluding hydrogens is 278 g/mol. The summed E-state index contributed by atoms with van der Waals surface area (Å²) in [6, 6.07) is 6.38. The number of aryl methyl sites for hydroxylation is 2. The van der Waals surface area contributed by atoms with Gasteiger partial charge in [0.1, 0.15) is 0 Å². The largest absolute Gasteiger partial charge is 0.392 e. The Kier molecular flexibility index (Phi) is 4.22. The molecule has 0 aliphatic rings. The van der Waals surface area contributed by atoms with E-state index in [-0.39, 0.29) is 18.0 Å². The van der Waals surface area contributed by atoms with E-state index in [4.69, 9.17) is 0 Å². The molecule has 0 aliphatic carbocycles. The number of nitrogens with one attached hydrogen (secondary N) is 1. The van der Waals surface area contributed by atoms with Crippen LogP contribution in [0, 0.1) is 6.92 Å². The van der Waals surface area contributed by atoms with E-state index in [0.29, 0.717) is 5.56 Å². The van der Waals surface area contributed by atoms with Gasteiger partial charge in [-0.3, -0.25) is 4.68 Å². The maximum Gasteiger partial charge on any atom is 0.241 e. The topological polar surface area (TPSA) is 84.2 Å². The number of nitrogens with zero attached hydrogens (tertiary/aromatic N) is 2. The van der Waals surface area contributed by atoms with Crippen LogP contribution >= 0.6 is 0 Å². The van der Waals surface area contributed by atoms with Crippen LogP contribution in [-0.4, -0.2) is 23.3 Å². The maximum absolute atomic E-state index is 12.3. The molecule has 0 amide bonds. The molecule has 0 fully saturated rings. The van der Waals surface area contributed by atoms with Gasteiger partial charge in [0.05, 0.1) is 17.2 Å². The molecule has 2 aromatic rings. The van der Waals surface area contributed by atoms with E-state index in [0.717, 1.165) is 11.3 Å². The number of sulfonamides is 1. The molecule has 0 aliphatic heterocycles. The second-order valence-corrected chi connectivity index (χ2v) is 6.24. The Balaban J connectivity index is 2.21. The smallest absolute Gasteiger partial charge is 0.241 e. The van der Waals surface area contributed by atoms with Crippen molar-refractivity contribution in [1.29, 1.82) is 0 Å². The van der Waals surface area contributed by atoms with Crippen LogP contribution in [0.15, 0.2) is 35.4 Å². The Hall–Kier alpha value is -1.70. The molecule has 6 nitrogen and oxygen atoms in total. The molecule has 0 bridgehead atoms. The lowest BCUT2D eigenvalue weighted by Gasteiger charge is -2.09. The van der Waals surface area contributed by atoms with E-state index in [9.17, 15) is 13.5 Å². The number of aromatic nitrogens is 2. The molecule has 0 saturated heterocycles. The van der Waals surface area contributed by atoms with E-state index >= 15 is 0 Å². The van der Waals surface area contributed by atoms with E-state index < -0.39 is 10.0 Å². The highest BCUT2D eigenvalue weighted by atomic mass is 32.2. The normalized spacial score (nSPS) is 11.8. The molecule has 1 aromatic heterocycles. The van der Waals surface area contributed by atoms with Crippen molar-refractivity contribution in [2.24, 2.45) is 7.05 Å². The highest BCUT2D eigenvalue weighted by Crippen LogP contribution is 2.16. The minimum absolute atomic E-state index is 0.101. The molecule has 2 N–H and O–H groups in total. The van der Waals surface area contributed by atoms with Gasteiger partial charge < -0.3 is 5.11 Å². The van der Waals surface area contributed by atoms with Crippen LogP contribution < -0.4 is 4.72 Å². The van der Waals surface area contributed by atoms with Gasteiger partial charge >= 0.3 is 0 Å². The van der Waals surface area contributed by atoms with Gasteiger partial charge in [0.25, 0.3) is 0 Å². The number of hydrogen-bond donors (Lipinski definition) is 2. The SMILES string of the molecule is Cc1nn(C)cc1CNS(=O)(=O)c1ccccc1CO. The number of aliphatic hydroxyl groups excluding tert-OH is 1. The number of benzene rings is 1. The van der Waals surface area contributed by atoms with Gasteiger partial charge in [-0.05, 0) is 18.6 Å². The van der Waals surface area contributed by atoms with Gasteiger partial charge in [-0.2, -0.15) is 5.10 Å². The minimum atomic E-state index is -3.66. The summed E-state index contributed by atoms with van der Waals surface area (Å²) in [5, 5.41) is 13.4. The molecule has 0 radical (unpaired) electrons. The fourth-order valence-corrected chi connectivity index (χ4v) is 3.21. The van der Waals surface area contributed by atoms with Crippen molar-refractivity contribution in [3.63, 3.8) is 0 Å². The lowest BCUT2D eigenvalue weighted by Crippen LogP contribution is -2.24. The Labute approximate surface area is 118 Å².